The Labute approximate surface area is 136 Å². The first-order valence-electron chi connectivity index (χ1n) is 5.60. The van der Waals surface area contributed by atoms with Crippen LogP contribution >= 0.6 is 57.9 Å². The van der Waals surface area contributed by atoms with Crippen LogP contribution in [0.5, 0.6) is 0 Å². The van der Waals surface area contributed by atoms with E-state index in [4.69, 9.17) is 40.5 Å². The highest BCUT2D eigenvalue weighted by atomic mass is 35.5. The molecule has 0 spiro atoms. The molecule has 0 saturated carbocycles. The number of halogens is 3. The first-order valence-corrected chi connectivity index (χ1v) is 8.43. The van der Waals surface area contributed by atoms with Gasteiger partial charge in [-0.2, -0.15) is 0 Å². The van der Waals surface area contributed by atoms with Gasteiger partial charge in [-0.1, -0.05) is 34.8 Å². The van der Waals surface area contributed by atoms with Crippen LogP contribution in [-0.4, -0.2) is 6.04 Å². The van der Waals surface area contributed by atoms with Gasteiger partial charge >= 0.3 is 0 Å². The van der Waals surface area contributed by atoms with Gasteiger partial charge in [0.15, 0.2) is 0 Å². The molecular weight excluding hydrogens is 341 g/mol. The second-order valence-electron chi connectivity index (χ2n) is 4.11. The van der Waals surface area contributed by atoms with Crippen LogP contribution in [0.25, 0.3) is 0 Å². The zero-order chi connectivity index (χ0) is 14.0. The van der Waals surface area contributed by atoms with E-state index in [-0.39, 0.29) is 11.3 Å². The summed E-state index contributed by atoms with van der Waals surface area (Å²) in [5.74, 6) is 0. The lowest BCUT2D eigenvalue weighted by atomic mass is 10.2. The first kappa shape index (κ1) is 15.5. The highest BCUT2D eigenvalue weighted by molar-refractivity contribution is 7.99. The van der Waals surface area contributed by atoms with Crippen LogP contribution in [-0.2, 0) is 0 Å². The Hall–Kier alpha value is 0.1000. The van der Waals surface area contributed by atoms with Crippen LogP contribution < -0.4 is 5.73 Å². The molecule has 2 rings (SSSR count). The van der Waals surface area contributed by atoms with Gasteiger partial charge in [-0.25, -0.2) is 0 Å². The third-order valence-corrected chi connectivity index (χ3v) is 6.17. The smallest absolute Gasteiger partial charge is 0.0931 e. The predicted octanol–water partition coefficient (Wildman–Crippen LogP) is 5.89. The summed E-state index contributed by atoms with van der Waals surface area (Å²) in [4.78, 5) is 2.07. The lowest BCUT2D eigenvalue weighted by Gasteiger charge is -2.19. The average molecular weight is 353 g/mol. The topological polar surface area (TPSA) is 26.0 Å². The van der Waals surface area contributed by atoms with Crippen molar-refractivity contribution in [1.29, 1.82) is 0 Å². The number of rotatable bonds is 4. The number of hydrogen-bond donors (Lipinski definition) is 1. The molecule has 0 saturated heterocycles. The molecule has 6 heteroatoms. The first-order chi connectivity index (χ1) is 8.97. The predicted molar refractivity (Wildman–Crippen MR) is 88.0 cm³/mol. The Morgan fingerprint density at radius 3 is 2.47 bits per heavy atom. The van der Waals surface area contributed by atoms with Crippen molar-refractivity contribution in [3.05, 3.63) is 49.6 Å². The van der Waals surface area contributed by atoms with E-state index in [1.807, 2.05) is 25.1 Å². The lowest BCUT2D eigenvalue weighted by Crippen LogP contribution is -2.21. The van der Waals surface area contributed by atoms with Gasteiger partial charge in [-0.3, -0.25) is 0 Å². The highest BCUT2D eigenvalue weighted by Crippen LogP contribution is 2.43. The molecule has 2 N–H and O–H groups in total. The maximum Gasteiger partial charge on any atom is 0.0931 e. The maximum absolute atomic E-state index is 6.19. The molecule has 0 amide bonds. The summed E-state index contributed by atoms with van der Waals surface area (Å²) in [5, 5.41) is 1.45. The summed E-state index contributed by atoms with van der Waals surface area (Å²) < 4.78 is 0.762. The molecule has 1 aromatic heterocycles. The summed E-state index contributed by atoms with van der Waals surface area (Å²) in [6, 6.07) is 9.31. The van der Waals surface area contributed by atoms with Gasteiger partial charge in [0.05, 0.1) is 14.6 Å². The quantitative estimate of drug-likeness (QED) is 0.694. The summed E-state index contributed by atoms with van der Waals surface area (Å²) >= 11 is 21.3. The zero-order valence-electron chi connectivity index (χ0n) is 10.1. The molecule has 2 unspecified atom stereocenters. The molecule has 0 bridgehead atoms. The maximum atomic E-state index is 6.19. The van der Waals surface area contributed by atoms with Gasteiger partial charge in [0, 0.05) is 20.8 Å². The summed E-state index contributed by atoms with van der Waals surface area (Å²) in [7, 11) is 0. The standard InChI is InChI=1S/C13H12Cl3NS2/c1-7(17)13(10-4-5-12(16)18-10)19-11-6-8(14)2-3-9(11)15/h2-7,13H,17H2,1H3. The van der Waals surface area contributed by atoms with Crippen LogP contribution in [0.3, 0.4) is 0 Å². The van der Waals surface area contributed by atoms with Crippen molar-refractivity contribution in [1.82, 2.24) is 0 Å². The minimum Gasteiger partial charge on any atom is -0.327 e. The Kier molecular flexibility index (Phi) is 5.46. The molecule has 19 heavy (non-hydrogen) atoms. The van der Waals surface area contributed by atoms with Crippen LogP contribution in [0.15, 0.2) is 35.2 Å². The van der Waals surface area contributed by atoms with Gasteiger partial charge in [0.2, 0.25) is 0 Å². The van der Waals surface area contributed by atoms with E-state index in [1.165, 1.54) is 0 Å². The Balaban J connectivity index is 2.29. The van der Waals surface area contributed by atoms with Crippen LogP contribution in [0, 0.1) is 0 Å². The molecular formula is C13H12Cl3NS2. The molecule has 1 nitrogen and oxygen atoms in total. The molecule has 0 aliphatic rings. The monoisotopic (exact) mass is 351 g/mol. The van der Waals surface area contributed by atoms with E-state index in [1.54, 1.807) is 35.2 Å². The van der Waals surface area contributed by atoms with Crippen molar-refractivity contribution in [2.45, 2.75) is 23.1 Å². The van der Waals surface area contributed by atoms with Crippen molar-refractivity contribution < 1.29 is 0 Å². The van der Waals surface area contributed by atoms with Crippen LogP contribution in [0.1, 0.15) is 17.1 Å². The third-order valence-electron chi connectivity index (χ3n) is 2.50. The molecule has 102 valence electrons. The molecule has 1 aromatic carbocycles. The normalized spacial score (nSPS) is 14.4. The van der Waals surface area contributed by atoms with Gasteiger partial charge in [-0.15, -0.1) is 23.1 Å². The third kappa shape index (κ3) is 4.03. The van der Waals surface area contributed by atoms with Crippen LogP contribution in [0.2, 0.25) is 14.4 Å². The summed E-state index contributed by atoms with van der Waals surface area (Å²) in [6.45, 7) is 1.98. The molecule has 2 aromatic rings. The van der Waals surface area contributed by atoms with Gasteiger partial charge in [0.25, 0.3) is 0 Å². The Morgan fingerprint density at radius 1 is 1.16 bits per heavy atom. The Bertz CT molecular complexity index is 569. The van der Waals surface area contributed by atoms with Crippen molar-refractivity contribution in [3.8, 4) is 0 Å². The summed E-state index contributed by atoms with van der Waals surface area (Å²) in [5.41, 5.74) is 6.08. The Morgan fingerprint density at radius 2 is 1.89 bits per heavy atom. The molecule has 1 heterocycles. The van der Waals surface area contributed by atoms with Gasteiger partial charge < -0.3 is 5.73 Å². The van der Waals surface area contributed by atoms with E-state index in [9.17, 15) is 0 Å². The highest BCUT2D eigenvalue weighted by Gasteiger charge is 2.21. The largest absolute Gasteiger partial charge is 0.327 e. The average Bonchev–Trinajstić information content (AvgIpc) is 2.76. The molecule has 0 radical (unpaired) electrons. The van der Waals surface area contributed by atoms with E-state index < -0.39 is 0 Å². The van der Waals surface area contributed by atoms with E-state index >= 15 is 0 Å². The minimum absolute atomic E-state index is 0.0187. The fraction of sp³-hybridized carbons (Fsp3) is 0.231. The fourth-order valence-electron chi connectivity index (χ4n) is 1.61. The number of thioether (sulfide) groups is 1. The molecule has 2 atom stereocenters. The molecule has 0 aliphatic heterocycles. The SMILES string of the molecule is CC(N)C(Sc1cc(Cl)ccc1Cl)c1ccc(Cl)s1. The number of thiophene rings is 1. The van der Waals surface area contributed by atoms with Crippen LogP contribution in [0.4, 0.5) is 0 Å². The second-order valence-corrected chi connectivity index (χ2v) is 7.89. The number of hydrogen-bond acceptors (Lipinski definition) is 3. The van der Waals surface area contributed by atoms with Crippen molar-refractivity contribution in [3.63, 3.8) is 0 Å². The lowest BCUT2D eigenvalue weighted by molar-refractivity contribution is 0.730. The number of benzene rings is 1. The van der Waals surface area contributed by atoms with Crippen molar-refractivity contribution >= 4 is 57.9 Å². The van der Waals surface area contributed by atoms with Gasteiger partial charge in [-0.05, 0) is 37.3 Å². The van der Waals surface area contributed by atoms with E-state index in [0.717, 1.165) is 14.1 Å². The van der Waals surface area contributed by atoms with Crippen molar-refractivity contribution in [2.75, 3.05) is 0 Å². The number of nitrogens with two attached hydrogens (primary N) is 1. The van der Waals surface area contributed by atoms with E-state index in [0.29, 0.717) is 10.0 Å². The minimum atomic E-state index is -0.0187. The van der Waals surface area contributed by atoms with Crippen molar-refractivity contribution in [2.24, 2.45) is 5.73 Å². The second kappa shape index (κ2) is 6.70. The van der Waals surface area contributed by atoms with Gasteiger partial charge in [0.1, 0.15) is 0 Å². The van der Waals surface area contributed by atoms with E-state index in [2.05, 4.69) is 0 Å². The molecule has 0 fully saturated rings. The molecule has 0 aliphatic carbocycles. The summed E-state index contributed by atoms with van der Waals surface area (Å²) in [6.07, 6.45) is 0. The zero-order valence-corrected chi connectivity index (χ0v) is 14.0. The fourth-order valence-corrected chi connectivity index (χ4v) is 4.60.